The van der Waals surface area contributed by atoms with Gasteiger partial charge in [-0.25, -0.2) is 0 Å². The highest BCUT2D eigenvalue weighted by Crippen LogP contribution is 2.20. The summed E-state index contributed by atoms with van der Waals surface area (Å²) in [5.74, 6) is 3.11. The Morgan fingerprint density at radius 1 is 1.33 bits per heavy atom. The van der Waals surface area contributed by atoms with Gasteiger partial charge in [-0.05, 0) is 32.3 Å². The molecule has 0 spiro atoms. The molecule has 0 heteroatoms. The van der Waals surface area contributed by atoms with Crippen molar-refractivity contribution in [2.24, 2.45) is 0 Å². The molecule has 0 aliphatic carbocycles. The van der Waals surface area contributed by atoms with Crippen molar-refractivity contribution in [3.05, 3.63) is 47.5 Å². The summed E-state index contributed by atoms with van der Waals surface area (Å²) in [7, 11) is 0. The van der Waals surface area contributed by atoms with Gasteiger partial charge in [0.05, 0.1) is 0 Å². The smallest absolute Gasteiger partial charge is 0.0452 e. The number of hydrogen-bond acceptors (Lipinski definition) is 0. The van der Waals surface area contributed by atoms with Gasteiger partial charge in [0.25, 0.3) is 0 Å². The van der Waals surface area contributed by atoms with Crippen molar-refractivity contribution in [1.82, 2.24) is 0 Å². The monoisotopic (exact) mass is 198 g/mol. The van der Waals surface area contributed by atoms with Gasteiger partial charge >= 0.3 is 0 Å². The van der Waals surface area contributed by atoms with Crippen LogP contribution in [0.5, 0.6) is 0 Å². The second-order valence-corrected chi connectivity index (χ2v) is 3.99. The summed E-state index contributed by atoms with van der Waals surface area (Å²) in [6, 6.07) is 10.3. The summed E-state index contributed by atoms with van der Waals surface area (Å²) in [5.41, 5.74) is 2.61. The van der Waals surface area contributed by atoms with Crippen molar-refractivity contribution in [3.8, 4) is 12.3 Å². The molecule has 1 unspecified atom stereocenters. The molecular weight excluding hydrogens is 180 g/mol. The average molecular weight is 198 g/mol. The maximum Gasteiger partial charge on any atom is 0.0452 e. The minimum atomic E-state index is 0.252. The Morgan fingerprint density at radius 2 is 2.00 bits per heavy atom. The lowest BCUT2D eigenvalue weighted by molar-refractivity contribution is 0.768. The fourth-order valence-electron chi connectivity index (χ4n) is 1.57. The van der Waals surface area contributed by atoms with Gasteiger partial charge in [-0.3, -0.25) is 0 Å². The molecule has 1 atom stereocenters. The summed E-state index contributed by atoms with van der Waals surface area (Å²) < 4.78 is 0. The van der Waals surface area contributed by atoms with Crippen molar-refractivity contribution < 1.29 is 0 Å². The van der Waals surface area contributed by atoms with Crippen LogP contribution in [0.15, 0.2) is 42.0 Å². The second kappa shape index (κ2) is 6.09. The molecule has 1 aromatic rings. The SMILES string of the molecule is C#CC(CCC=C(C)C)c1ccccc1. The third kappa shape index (κ3) is 4.04. The molecule has 1 rings (SSSR count). The molecule has 0 aliphatic rings. The number of allylic oxidation sites excluding steroid dienone is 2. The lowest BCUT2D eigenvalue weighted by Crippen LogP contribution is -1.94. The van der Waals surface area contributed by atoms with Gasteiger partial charge in [0.15, 0.2) is 0 Å². The van der Waals surface area contributed by atoms with Crippen LogP contribution in [0.3, 0.4) is 0 Å². The zero-order valence-electron chi connectivity index (χ0n) is 9.53. The van der Waals surface area contributed by atoms with Crippen LogP contribution in [0.25, 0.3) is 0 Å². The number of rotatable bonds is 4. The molecule has 0 aromatic heterocycles. The molecule has 0 radical (unpaired) electrons. The van der Waals surface area contributed by atoms with E-state index in [0.717, 1.165) is 12.8 Å². The van der Waals surface area contributed by atoms with Gasteiger partial charge in [0, 0.05) is 5.92 Å². The van der Waals surface area contributed by atoms with Crippen LogP contribution in [0.1, 0.15) is 38.2 Å². The van der Waals surface area contributed by atoms with Crippen LogP contribution in [0.4, 0.5) is 0 Å². The number of hydrogen-bond donors (Lipinski definition) is 0. The van der Waals surface area contributed by atoms with Crippen LogP contribution >= 0.6 is 0 Å². The molecule has 1 aromatic carbocycles. The van der Waals surface area contributed by atoms with E-state index >= 15 is 0 Å². The van der Waals surface area contributed by atoms with Crippen molar-refractivity contribution in [2.45, 2.75) is 32.6 Å². The molecule has 0 heterocycles. The molecular formula is C15H18. The first-order valence-electron chi connectivity index (χ1n) is 5.38. The van der Waals surface area contributed by atoms with Crippen LogP contribution in [-0.4, -0.2) is 0 Å². The van der Waals surface area contributed by atoms with E-state index in [-0.39, 0.29) is 5.92 Å². The predicted octanol–water partition coefficient (Wildman–Crippen LogP) is 4.15. The molecule has 0 aliphatic heterocycles. The molecule has 15 heavy (non-hydrogen) atoms. The highest BCUT2D eigenvalue weighted by molar-refractivity contribution is 5.26. The Labute approximate surface area is 93.0 Å². The molecule has 0 amide bonds. The summed E-state index contributed by atoms with van der Waals surface area (Å²) in [6.07, 6.45) is 9.89. The summed E-state index contributed by atoms with van der Waals surface area (Å²) in [5, 5.41) is 0. The van der Waals surface area contributed by atoms with Gasteiger partial charge in [0.2, 0.25) is 0 Å². The molecule has 0 fully saturated rings. The Bertz CT molecular complexity index is 347. The Hall–Kier alpha value is -1.48. The topological polar surface area (TPSA) is 0 Å². The van der Waals surface area contributed by atoms with Gasteiger partial charge in [0.1, 0.15) is 0 Å². The molecule has 0 nitrogen and oxygen atoms in total. The minimum Gasteiger partial charge on any atom is -0.119 e. The Kier molecular flexibility index (Phi) is 4.71. The first kappa shape index (κ1) is 11.6. The van der Waals surface area contributed by atoms with Crippen LogP contribution < -0.4 is 0 Å². The van der Waals surface area contributed by atoms with E-state index in [1.165, 1.54) is 11.1 Å². The zero-order chi connectivity index (χ0) is 11.1. The third-order valence-electron chi connectivity index (χ3n) is 2.41. The highest BCUT2D eigenvalue weighted by atomic mass is 14.1. The van der Waals surface area contributed by atoms with E-state index < -0.39 is 0 Å². The van der Waals surface area contributed by atoms with Crippen LogP contribution in [-0.2, 0) is 0 Å². The quantitative estimate of drug-likeness (QED) is 0.503. The predicted molar refractivity (Wildman–Crippen MR) is 66.7 cm³/mol. The number of benzene rings is 1. The molecule has 0 saturated heterocycles. The fraction of sp³-hybridized carbons (Fsp3) is 0.333. The van der Waals surface area contributed by atoms with E-state index in [2.05, 4.69) is 38.0 Å². The van der Waals surface area contributed by atoms with E-state index in [1.54, 1.807) is 0 Å². The normalized spacial score (nSPS) is 11.5. The first-order chi connectivity index (χ1) is 7.24. The Morgan fingerprint density at radius 3 is 2.53 bits per heavy atom. The van der Waals surface area contributed by atoms with E-state index in [4.69, 9.17) is 6.42 Å². The largest absolute Gasteiger partial charge is 0.119 e. The average Bonchev–Trinajstić information content (AvgIpc) is 2.25. The molecule has 78 valence electrons. The lowest BCUT2D eigenvalue weighted by Gasteiger charge is -2.09. The summed E-state index contributed by atoms with van der Waals surface area (Å²) in [6.45, 7) is 4.24. The van der Waals surface area contributed by atoms with E-state index in [1.807, 2.05) is 18.2 Å². The van der Waals surface area contributed by atoms with Gasteiger partial charge in [-0.2, -0.15) is 0 Å². The summed E-state index contributed by atoms with van der Waals surface area (Å²) in [4.78, 5) is 0. The van der Waals surface area contributed by atoms with Crippen molar-refractivity contribution in [1.29, 1.82) is 0 Å². The van der Waals surface area contributed by atoms with Crippen LogP contribution in [0.2, 0.25) is 0 Å². The van der Waals surface area contributed by atoms with Crippen molar-refractivity contribution in [3.63, 3.8) is 0 Å². The fourth-order valence-corrected chi connectivity index (χ4v) is 1.57. The zero-order valence-corrected chi connectivity index (χ0v) is 9.53. The molecule has 0 saturated carbocycles. The minimum absolute atomic E-state index is 0.252. The molecule has 0 bridgehead atoms. The van der Waals surface area contributed by atoms with Crippen molar-refractivity contribution >= 4 is 0 Å². The molecule has 0 N–H and O–H groups in total. The Balaban J connectivity index is 2.59. The van der Waals surface area contributed by atoms with Gasteiger partial charge < -0.3 is 0 Å². The number of terminal acetylenes is 1. The standard InChI is InChI=1S/C15H18/c1-4-14(12-8-9-13(2)3)15-10-6-5-7-11-15/h1,5-7,9-11,14H,8,12H2,2-3H3. The second-order valence-electron chi connectivity index (χ2n) is 3.99. The van der Waals surface area contributed by atoms with E-state index in [0.29, 0.717) is 0 Å². The first-order valence-corrected chi connectivity index (χ1v) is 5.38. The van der Waals surface area contributed by atoms with Gasteiger partial charge in [-0.15, -0.1) is 6.42 Å². The lowest BCUT2D eigenvalue weighted by atomic mass is 9.95. The summed E-state index contributed by atoms with van der Waals surface area (Å²) >= 11 is 0. The van der Waals surface area contributed by atoms with Crippen LogP contribution in [0, 0.1) is 12.3 Å². The maximum atomic E-state index is 5.55. The van der Waals surface area contributed by atoms with Gasteiger partial charge in [-0.1, -0.05) is 47.9 Å². The van der Waals surface area contributed by atoms with E-state index in [9.17, 15) is 0 Å². The maximum absolute atomic E-state index is 5.55. The highest BCUT2D eigenvalue weighted by Gasteiger charge is 2.05. The van der Waals surface area contributed by atoms with Crippen molar-refractivity contribution in [2.75, 3.05) is 0 Å². The third-order valence-corrected chi connectivity index (χ3v) is 2.41.